The number of rotatable bonds is 4. The van der Waals surface area contributed by atoms with Gasteiger partial charge in [0.1, 0.15) is 12.1 Å². The van der Waals surface area contributed by atoms with Crippen molar-refractivity contribution in [3.05, 3.63) is 23.8 Å². The Morgan fingerprint density at radius 2 is 1.96 bits per heavy atom. The van der Waals surface area contributed by atoms with Crippen molar-refractivity contribution in [2.75, 3.05) is 19.8 Å². The molecule has 4 amide bonds. The lowest BCUT2D eigenvalue weighted by molar-refractivity contribution is -0.135. The lowest BCUT2D eigenvalue weighted by atomic mass is 9.91. The van der Waals surface area contributed by atoms with Crippen molar-refractivity contribution < 1.29 is 23.9 Å². The van der Waals surface area contributed by atoms with E-state index in [1.54, 1.807) is 25.1 Å². The van der Waals surface area contributed by atoms with E-state index in [9.17, 15) is 14.4 Å². The van der Waals surface area contributed by atoms with E-state index < -0.39 is 17.5 Å². The molecule has 3 rings (SSSR count). The fourth-order valence-electron chi connectivity index (χ4n) is 3.02. The van der Waals surface area contributed by atoms with Crippen molar-refractivity contribution in [1.82, 2.24) is 15.5 Å². The van der Waals surface area contributed by atoms with Crippen LogP contribution in [0.5, 0.6) is 11.5 Å². The number of urea groups is 1. The van der Waals surface area contributed by atoms with E-state index in [4.69, 9.17) is 9.47 Å². The molecule has 1 saturated heterocycles. The molecule has 1 fully saturated rings. The van der Waals surface area contributed by atoms with Crippen molar-refractivity contribution in [1.29, 1.82) is 0 Å². The first-order chi connectivity index (χ1) is 12.3. The average Bonchev–Trinajstić information content (AvgIpc) is 2.75. The molecule has 8 nitrogen and oxygen atoms in total. The van der Waals surface area contributed by atoms with Gasteiger partial charge in [0.15, 0.2) is 11.5 Å². The third-order valence-electron chi connectivity index (χ3n) is 4.35. The summed E-state index contributed by atoms with van der Waals surface area (Å²) >= 11 is 0. The number of nitrogens with one attached hydrogen (secondary N) is 2. The SMILES string of the molecule is CC(C)NC(=O)CN1C(=O)N[C@@](C)(c2ccc3c(c2)OCCCO3)C1=O. The minimum Gasteiger partial charge on any atom is -0.490 e. The number of hydrogen-bond donors (Lipinski definition) is 2. The molecule has 0 aromatic heterocycles. The number of fused-ring (bicyclic) bond motifs is 1. The van der Waals surface area contributed by atoms with Gasteiger partial charge in [-0.1, -0.05) is 6.07 Å². The summed E-state index contributed by atoms with van der Waals surface area (Å²) in [6.07, 6.45) is 0.774. The largest absolute Gasteiger partial charge is 0.490 e. The molecule has 1 aromatic carbocycles. The highest BCUT2D eigenvalue weighted by molar-refractivity contribution is 6.09. The Kier molecular flexibility index (Phi) is 4.76. The first kappa shape index (κ1) is 18.0. The van der Waals surface area contributed by atoms with Crippen LogP contribution in [0, 0.1) is 0 Å². The number of amides is 4. The first-order valence-corrected chi connectivity index (χ1v) is 8.65. The van der Waals surface area contributed by atoms with Crippen molar-refractivity contribution in [2.24, 2.45) is 0 Å². The molecular formula is C18H23N3O5. The quantitative estimate of drug-likeness (QED) is 0.784. The van der Waals surface area contributed by atoms with Gasteiger partial charge in [-0.25, -0.2) is 4.79 Å². The van der Waals surface area contributed by atoms with Gasteiger partial charge in [0.2, 0.25) is 5.91 Å². The molecular weight excluding hydrogens is 338 g/mol. The predicted octanol–water partition coefficient (Wildman–Crippen LogP) is 1.14. The molecule has 2 aliphatic heterocycles. The number of nitrogens with zero attached hydrogens (tertiary/aromatic N) is 1. The topological polar surface area (TPSA) is 97.0 Å². The Labute approximate surface area is 151 Å². The van der Waals surface area contributed by atoms with Crippen LogP contribution < -0.4 is 20.1 Å². The second-order valence-electron chi connectivity index (χ2n) is 6.88. The summed E-state index contributed by atoms with van der Waals surface area (Å²) < 4.78 is 11.3. The summed E-state index contributed by atoms with van der Waals surface area (Å²) in [5, 5.41) is 5.36. The average molecular weight is 361 g/mol. The molecule has 0 spiro atoms. The summed E-state index contributed by atoms with van der Waals surface area (Å²) in [5.74, 6) is 0.293. The zero-order chi connectivity index (χ0) is 18.9. The lowest BCUT2D eigenvalue weighted by Gasteiger charge is -2.23. The van der Waals surface area contributed by atoms with Gasteiger partial charge in [-0.15, -0.1) is 0 Å². The minimum atomic E-state index is -1.26. The van der Waals surface area contributed by atoms with Gasteiger partial charge in [-0.2, -0.15) is 0 Å². The number of carbonyl (C=O) groups is 3. The van der Waals surface area contributed by atoms with E-state index in [0.29, 0.717) is 30.3 Å². The Morgan fingerprint density at radius 1 is 1.27 bits per heavy atom. The molecule has 140 valence electrons. The van der Waals surface area contributed by atoms with Gasteiger partial charge < -0.3 is 20.1 Å². The third-order valence-corrected chi connectivity index (χ3v) is 4.35. The summed E-state index contributed by atoms with van der Waals surface area (Å²) in [4.78, 5) is 38.1. The van der Waals surface area contributed by atoms with Crippen molar-refractivity contribution in [3.8, 4) is 11.5 Å². The molecule has 8 heteroatoms. The van der Waals surface area contributed by atoms with Crippen LogP contribution in [0.15, 0.2) is 18.2 Å². The van der Waals surface area contributed by atoms with E-state index in [0.717, 1.165) is 11.3 Å². The summed E-state index contributed by atoms with van der Waals surface area (Å²) in [7, 11) is 0. The second-order valence-corrected chi connectivity index (χ2v) is 6.88. The van der Waals surface area contributed by atoms with Crippen molar-refractivity contribution >= 4 is 17.8 Å². The minimum absolute atomic E-state index is 0.0728. The molecule has 1 atom stereocenters. The molecule has 1 aromatic rings. The molecule has 0 radical (unpaired) electrons. The van der Waals surface area contributed by atoms with Crippen molar-refractivity contribution in [3.63, 3.8) is 0 Å². The van der Waals surface area contributed by atoms with Crippen LogP contribution in [0.2, 0.25) is 0 Å². The second kappa shape index (κ2) is 6.86. The fourth-order valence-corrected chi connectivity index (χ4v) is 3.02. The highest BCUT2D eigenvalue weighted by atomic mass is 16.5. The zero-order valence-electron chi connectivity index (χ0n) is 15.1. The van der Waals surface area contributed by atoms with Gasteiger partial charge in [-0.05, 0) is 38.5 Å². The van der Waals surface area contributed by atoms with Crippen LogP contribution in [0.25, 0.3) is 0 Å². The molecule has 2 aliphatic rings. The van der Waals surface area contributed by atoms with E-state index >= 15 is 0 Å². The van der Waals surface area contributed by atoms with Gasteiger partial charge in [-0.3, -0.25) is 14.5 Å². The molecule has 0 unspecified atom stereocenters. The Balaban J connectivity index is 1.84. The Bertz CT molecular complexity index is 748. The maximum atomic E-state index is 12.9. The van der Waals surface area contributed by atoms with E-state index in [-0.39, 0.29) is 18.5 Å². The normalized spacial score (nSPS) is 22.2. The lowest BCUT2D eigenvalue weighted by Crippen LogP contribution is -2.44. The van der Waals surface area contributed by atoms with Crippen LogP contribution in [0.3, 0.4) is 0 Å². The van der Waals surface area contributed by atoms with E-state index in [1.807, 2.05) is 13.8 Å². The van der Waals surface area contributed by atoms with Gasteiger partial charge in [0.25, 0.3) is 5.91 Å². The number of imide groups is 1. The Hall–Kier alpha value is -2.77. The predicted molar refractivity (Wildman–Crippen MR) is 92.9 cm³/mol. The molecule has 0 bridgehead atoms. The fraction of sp³-hybridized carbons (Fsp3) is 0.500. The van der Waals surface area contributed by atoms with Gasteiger partial charge in [0.05, 0.1) is 13.2 Å². The molecule has 26 heavy (non-hydrogen) atoms. The standard InChI is InChI=1S/C18H23N3O5/c1-11(2)19-15(22)10-21-16(23)18(3,20-17(21)24)12-5-6-13-14(9-12)26-8-4-7-25-13/h5-6,9,11H,4,7-8,10H2,1-3H3,(H,19,22)(H,20,24)/t18-/m0/s1. The zero-order valence-corrected chi connectivity index (χ0v) is 15.1. The number of hydrogen-bond acceptors (Lipinski definition) is 5. The highest BCUT2D eigenvalue weighted by Gasteiger charge is 2.49. The summed E-state index contributed by atoms with van der Waals surface area (Å²) in [5.41, 5.74) is -0.688. The number of benzene rings is 1. The molecule has 2 N–H and O–H groups in total. The van der Waals surface area contributed by atoms with Crippen LogP contribution in [-0.4, -0.2) is 48.5 Å². The summed E-state index contributed by atoms with van der Waals surface area (Å²) in [6, 6.07) is 4.49. The van der Waals surface area contributed by atoms with Crippen LogP contribution in [0.4, 0.5) is 4.79 Å². The smallest absolute Gasteiger partial charge is 0.325 e. The van der Waals surface area contributed by atoms with Crippen LogP contribution >= 0.6 is 0 Å². The third kappa shape index (κ3) is 3.31. The van der Waals surface area contributed by atoms with Crippen LogP contribution in [-0.2, 0) is 15.1 Å². The number of ether oxygens (including phenoxy) is 2. The summed E-state index contributed by atoms with van der Waals surface area (Å²) in [6.45, 7) is 6.01. The monoisotopic (exact) mass is 361 g/mol. The van der Waals surface area contributed by atoms with E-state index in [1.165, 1.54) is 0 Å². The molecule has 0 saturated carbocycles. The van der Waals surface area contributed by atoms with Gasteiger partial charge >= 0.3 is 6.03 Å². The van der Waals surface area contributed by atoms with E-state index in [2.05, 4.69) is 10.6 Å². The molecule has 2 heterocycles. The van der Waals surface area contributed by atoms with Gasteiger partial charge in [0, 0.05) is 12.5 Å². The first-order valence-electron chi connectivity index (χ1n) is 8.65. The number of carbonyl (C=O) groups excluding carboxylic acids is 3. The van der Waals surface area contributed by atoms with Crippen molar-refractivity contribution in [2.45, 2.75) is 38.8 Å². The maximum absolute atomic E-state index is 12.9. The Morgan fingerprint density at radius 3 is 2.65 bits per heavy atom. The maximum Gasteiger partial charge on any atom is 0.325 e. The molecule has 0 aliphatic carbocycles. The van der Waals surface area contributed by atoms with Crippen LogP contribution in [0.1, 0.15) is 32.8 Å². The highest BCUT2D eigenvalue weighted by Crippen LogP contribution is 2.36.